The van der Waals surface area contributed by atoms with Crippen LogP contribution in [0.15, 0.2) is 48.5 Å². The highest BCUT2D eigenvalue weighted by Gasteiger charge is 2.31. The zero-order chi connectivity index (χ0) is 19.2. The van der Waals surface area contributed by atoms with Gasteiger partial charge in [-0.05, 0) is 42.9 Å². The van der Waals surface area contributed by atoms with Gasteiger partial charge in [0.05, 0.1) is 0 Å². The minimum Gasteiger partial charge on any atom is -0.406 e. The van der Waals surface area contributed by atoms with E-state index in [1.165, 1.54) is 18.2 Å². The Hall–Kier alpha value is -2.54. The summed E-state index contributed by atoms with van der Waals surface area (Å²) in [4.78, 5) is 14.5. The fourth-order valence-corrected chi connectivity index (χ4v) is 2.44. The molecule has 2 rings (SSSR count). The third kappa shape index (κ3) is 6.07. The first-order valence-electron chi connectivity index (χ1n) is 8.29. The Labute approximate surface area is 150 Å². The molecular weight excluding hydrogens is 345 g/mol. The molecule has 0 aliphatic heterocycles. The van der Waals surface area contributed by atoms with Gasteiger partial charge in [0.15, 0.2) is 0 Å². The Balaban J connectivity index is 2.02. The average molecular weight is 366 g/mol. The second-order valence-corrected chi connectivity index (χ2v) is 5.69. The minimum atomic E-state index is -4.77. The number of amides is 1. The molecule has 0 atom stereocenters. The van der Waals surface area contributed by atoms with E-state index in [9.17, 15) is 18.0 Å². The van der Waals surface area contributed by atoms with Crippen molar-refractivity contribution in [2.45, 2.75) is 26.8 Å². The van der Waals surface area contributed by atoms with E-state index in [0.717, 1.165) is 31.3 Å². The molecule has 2 aromatic carbocycles. The number of benzene rings is 2. The van der Waals surface area contributed by atoms with Crippen molar-refractivity contribution in [2.75, 3.05) is 18.4 Å². The van der Waals surface area contributed by atoms with Gasteiger partial charge < -0.3 is 10.1 Å². The number of halogens is 3. The van der Waals surface area contributed by atoms with E-state index < -0.39 is 12.3 Å². The molecule has 0 heterocycles. The van der Waals surface area contributed by atoms with Crippen molar-refractivity contribution in [3.8, 4) is 5.75 Å². The van der Waals surface area contributed by atoms with Crippen LogP contribution in [0.1, 0.15) is 29.8 Å². The van der Waals surface area contributed by atoms with Gasteiger partial charge in [-0.3, -0.25) is 9.69 Å². The van der Waals surface area contributed by atoms with Crippen molar-refractivity contribution in [3.05, 3.63) is 59.7 Å². The Kier molecular flexibility index (Phi) is 6.63. The highest BCUT2D eigenvalue weighted by atomic mass is 19.4. The van der Waals surface area contributed by atoms with Crippen LogP contribution in [0.2, 0.25) is 0 Å². The zero-order valence-electron chi connectivity index (χ0n) is 14.6. The third-order valence-corrected chi connectivity index (χ3v) is 3.84. The second kappa shape index (κ2) is 8.71. The van der Waals surface area contributed by atoms with Crippen molar-refractivity contribution >= 4 is 11.6 Å². The predicted molar refractivity (Wildman–Crippen MR) is 94.1 cm³/mol. The molecule has 26 heavy (non-hydrogen) atoms. The molecule has 0 saturated carbocycles. The van der Waals surface area contributed by atoms with E-state index in [2.05, 4.69) is 28.8 Å². The first-order chi connectivity index (χ1) is 12.3. The van der Waals surface area contributed by atoms with Crippen LogP contribution in [0.5, 0.6) is 5.75 Å². The van der Waals surface area contributed by atoms with Crippen LogP contribution in [-0.4, -0.2) is 30.3 Å². The number of carbonyl (C=O) groups is 1. The molecule has 4 nitrogen and oxygen atoms in total. The lowest BCUT2D eigenvalue weighted by Gasteiger charge is -2.18. The van der Waals surface area contributed by atoms with Gasteiger partial charge in [-0.2, -0.15) is 0 Å². The fraction of sp³-hybridized carbons (Fsp3) is 0.316. The molecule has 0 fully saturated rings. The van der Waals surface area contributed by atoms with Crippen LogP contribution >= 0.6 is 0 Å². The Morgan fingerprint density at radius 2 is 1.73 bits per heavy atom. The summed E-state index contributed by atoms with van der Waals surface area (Å²) in [5.74, 6) is -0.784. The van der Waals surface area contributed by atoms with Gasteiger partial charge in [0, 0.05) is 23.9 Å². The molecule has 1 amide bonds. The molecule has 1 N–H and O–H groups in total. The summed E-state index contributed by atoms with van der Waals surface area (Å²) in [6, 6.07) is 12.3. The normalized spacial score (nSPS) is 11.5. The predicted octanol–water partition coefficient (Wildman–Crippen LogP) is 4.68. The average Bonchev–Trinajstić information content (AvgIpc) is 2.59. The maximum Gasteiger partial charge on any atom is 0.573 e. The number of nitrogens with one attached hydrogen (secondary N) is 1. The van der Waals surface area contributed by atoms with Gasteiger partial charge in [0.2, 0.25) is 0 Å². The smallest absolute Gasteiger partial charge is 0.406 e. The number of ether oxygens (including phenoxy) is 1. The van der Waals surface area contributed by atoms with Crippen LogP contribution in [0.25, 0.3) is 0 Å². The summed E-state index contributed by atoms with van der Waals surface area (Å²) in [6.45, 7) is 6.85. The van der Waals surface area contributed by atoms with E-state index in [0.29, 0.717) is 5.56 Å². The molecule has 0 aromatic heterocycles. The second-order valence-electron chi connectivity index (χ2n) is 5.69. The van der Waals surface area contributed by atoms with E-state index in [-0.39, 0.29) is 11.4 Å². The summed E-state index contributed by atoms with van der Waals surface area (Å²) >= 11 is 0. The molecule has 2 aromatic rings. The number of hydrogen-bond acceptors (Lipinski definition) is 3. The molecule has 0 spiro atoms. The van der Waals surface area contributed by atoms with E-state index >= 15 is 0 Å². The minimum absolute atomic E-state index is 0.226. The van der Waals surface area contributed by atoms with Crippen LogP contribution < -0.4 is 10.1 Å². The van der Waals surface area contributed by atoms with Crippen LogP contribution in [0.4, 0.5) is 18.9 Å². The van der Waals surface area contributed by atoms with Gasteiger partial charge in [-0.25, -0.2) is 0 Å². The monoisotopic (exact) mass is 366 g/mol. The maximum atomic E-state index is 12.3. The van der Waals surface area contributed by atoms with Crippen LogP contribution in [0.3, 0.4) is 0 Å². The molecule has 140 valence electrons. The molecule has 0 unspecified atom stereocenters. The molecular formula is C19H21F3N2O2. The molecule has 0 radical (unpaired) electrons. The lowest BCUT2D eigenvalue weighted by molar-refractivity contribution is -0.274. The Morgan fingerprint density at radius 3 is 2.31 bits per heavy atom. The van der Waals surface area contributed by atoms with Crippen molar-refractivity contribution < 1.29 is 22.7 Å². The standard InChI is InChI=1S/C19H21F3N2O2/c1-3-24(4-2)13-14-8-10-15(11-9-14)18(25)23-16-6-5-7-17(12-16)26-19(20,21)22/h5-12H,3-4,13H2,1-2H3,(H,23,25). The quantitative estimate of drug-likeness (QED) is 0.774. The van der Waals surface area contributed by atoms with Crippen molar-refractivity contribution in [1.29, 1.82) is 0 Å². The first kappa shape index (κ1) is 19.8. The summed E-state index contributed by atoms with van der Waals surface area (Å²) in [7, 11) is 0. The summed E-state index contributed by atoms with van der Waals surface area (Å²) in [6.07, 6.45) is -4.77. The third-order valence-electron chi connectivity index (χ3n) is 3.84. The molecule has 0 saturated heterocycles. The van der Waals surface area contributed by atoms with Crippen LogP contribution in [0, 0.1) is 0 Å². The van der Waals surface area contributed by atoms with Gasteiger partial charge in [0.25, 0.3) is 5.91 Å². The van der Waals surface area contributed by atoms with Gasteiger partial charge >= 0.3 is 6.36 Å². The summed E-state index contributed by atoms with van der Waals surface area (Å²) < 4.78 is 40.6. The molecule has 0 bridgehead atoms. The molecule has 0 aliphatic rings. The number of rotatable bonds is 7. The topological polar surface area (TPSA) is 41.6 Å². The Bertz CT molecular complexity index is 726. The zero-order valence-corrected chi connectivity index (χ0v) is 14.6. The van der Waals surface area contributed by atoms with E-state index in [1.807, 2.05) is 12.1 Å². The lowest BCUT2D eigenvalue weighted by atomic mass is 10.1. The van der Waals surface area contributed by atoms with Gasteiger partial charge in [-0.15, -0.1) is 13.2 Å². The van der Waals surface area contributed by atoms with Crippen LogP contribution in [-0.2, 0) is 6.54 Å². The lowest BCUT2D eigenvalue weighted by Crippen LogP contribution is -2.22. The number of alkyl halides is 3. The highest BCUT2D eigenvalue weighted by molar-refractivity contribution is 6.04. The van der Waals surface area contributed by atoms with Gasteiger partial charge in [0.1, 0.15) is 5.75 Å². The maximum absolute atomic E-state index is 12.3. The summed E-state index contributed by atoms with van der Waals surface area (Å²) in [5, 5.41) is 2.57. The van der Waals surface area contributed by atoms with E-state index in [1.54, 1.807) is 12.1 Å². The Morgan fingerprint density at radius 1 is 1.08 bits per heavy atom. The fourth-order valence-electron chi connectivity index (χ4n) is 2.44. The van der Waals surface area contributed by atoms with Crippen molar-refractivity contribution in [3.63, 3.8) is 0 Å². The van der Waals surface area contributed by atoms with Crippen molar-refractivity contribution in [2.24, 2.45) is 0 Å². The molecule has 0 aliphatic carbocycles. The number of hydrogen-bond donors (Lipinski definition) is 1. The number of anilines is 1. The molecule has 7 heteroatoms. The highest BCUT2D eigenvalue weighted by Crippen LogP contribution is 2.25. The van der Waals surface area contributed by atoms with Gasteiger partial charge in [-0.1, -0.05) is 32.0 Å². The summed E-state index contributed by atoms with van der Waals surface area (Å²) in [5.41, 5.74) is 1.74. The van der Waals surface area contributed by atoms with Crippen molar-refractivity contribution in [1.82, 2.24) is 4.90 Å². The SMILES string of the molecule is CCN(CC)Cc1ccc(C(=O)Nc2cccc(OC(F)(F)F)c2)cc1. The van der Waals surface area contributed by atoms with E-state index in [4.69, 9.17) is 0 Å². The first-order valence-corrected chi connectivity index (χ1v) is 8.29. The largest absolute Gasteiger partial charge is 0.573 e. The number of carbonyl (C=O) groups excluding carboxylic acids is 1. The number of nitrogens with zero attached hydrogens (tertiary/aromatic N) is 1.